The monoisotopic (exact) mass is 243 g/mol. The summed E-state index contributed by atoms with van der Waals surface area (Å²) < 4.78 is 0. The van der Waals surface area contributed by atoms with Gasteiger partial charge in [-0.2, -0.15) is 0 Å². The Morgan fingerprint density at radius 2 is 2.22 bits per heavy atom. The minimum absolute atomic E-state index is 0.701. The maximum absolute atomic E-state index is 4.30. The molecule has 0 bridgehead atoms. The van der Waals surface area contributed by atoms with Gasteiger partial charge >= 0.3 is 0 Å². The number of rotatable bonds is 7. The van der Waals surface area contributed by atoms with Gasteiger partial charge in [0.25, 0.3) is 0 Å². The Balaban J connectivity index is 1.76. The molecular weight excluding hydrogens is 222 g/mol. The second-order valence-electron chi connectivity index (χ2n) is 5.33. The van der Waals surface area contributed by atoms with Crippen molar-refractivity contribution in [2.24, 2.45) is 0 Å². The van der Waals surface area contributed by atoms with Crippen LogP contribution in [0.15, 0.2) is 31.1 Å². The van der Waals surface area contributed by atoms with Crippen LogP contribution in [0.3, 0.4) is 0 Å². The summed E-state index contributed by atoms with van der Waals surface area (Å²) in [6, 6.07) is 3.59. The van der Waals surface area contributed by atoms with Gasteiger partial charge < -0.3 is 10.2 Å². The molecule has 18 heavy (non-hydrogen) atoms. The molecule has 1 aromatic rings. The highest BCUT2D eigenvalue weighted by Crippen LogP contribution is 2.33. The zero-order chi connectivity index (χ0) is 12.4. The van der Waals surface area contributed by atoms with Crippen molar-refractivity contribution in [3.63, 3.8) is 0 Å². The molecule has 3 rings (SSSR count). The van der Waals surface area contributed by atoms with Gasteiger partial charge in [-0.05, 0) is 37.3 Å². The van der Waals surface area contributed by atoms with Crippen molar-refractivity contribution >= 4 is 5.69 Å². The minimum Gasteiger partial charge on any atom is -0.363 e. The van der Waals surface area contributed by atoms with Gasteiger partial charge in [-0.15, -0.1) is 6.58 Å². The summed E-state index contributed by atoms with van der Waals surface area (Å²) in [5, 5.41) is 3.59. The number of hydrogen-bond acceptors (Lipinski definition) is 3. The van der Waals surface area contributed by atoms with Gasteiger partial charge in [0, 0.05) is 31.4 Å². The van der Waals surface area contributed by atoms with Crippen molar-refractivity contribution in [3.8, 4) is 0 Å². The number of nitrogens with one attached hydrogen (secondary N) is 1. The molecule has 0 atom stereocenters. The zero-order valence-electron chi connectivity index (χ0n) is 10.8. The van der Waals surface area contributed by atoms with Crippen LogP contribution in [0.25, 0.3) is 0 Å². The first kappa shape index (κ1) is 11.7. The fourth-order valence-electron chi connectivity index (χ4n) is 2.33. The lowest BCUT2D eigenvalue weighted by molar-refractivity contribution is 0.683. The third kappa shape index (κ3) is 2.72. The van der Waals surface area contributed by atoms with Crippen LogP contribution >= 0.6 is 0 Å². The van der Waals surface area contributed by atoms with Crippen molar-refractivity contribution in [2.45, 2.75) is 44.3 Å². The largest absolute Gasteiger partial charge is 0.363 e. The Hall–Kier alpha value is -1.35. The van der Waals surface area contributed by atoms with Gasteiger partial charge in [-0.25, -0.2) is 0 Å². The molecule has 1 aromatic heterocycles. The molecule has 0 aliphatic heterocycles. The predicted octanol–water partition coefficient (Wildman–Crippen LogP) is 2.49. The standard InChI is InChI=1S/C15H21N3/c1-2-9-18(14-5-6-14)15-11-16-8-7-12(15)10-17-13-3-4-13/h2,7-8,11,13-14,17H,1,3-6,9-10H2. The molecule has 2 aliphatic rings. The van der Waals surface area contributed by atoms with Gasteiger partial charge in [-0.1, -0.05) is 6.08 Å². The number of nitrogens with zero attached hydrogens (tertiary/aromatic N) is 2. The lowest BCUT2D eigenvalue weighted by Gasteiger charge is -2.25. The summed E-state index contributed by atoms with van der Waals surface area (Å²) in [4.78, 5) is 6.75. The Morgan fingerprint density at radius 1 is 1.39 bits per heavy atom. The first-order valence-corrected chi connectivity index (χ1v) is 6.92. The van der Waals surface area contributed by atoms with E-state index in [9.17, 15) is 0 Å². The molecule has 96 valence electrons. The van der Waals surface area contributed by atoms with Crippen LogP contribution in [0.2, 0.25) is 0 Å². The van der Waals surface area contributed by atoms with E-state index in [-0.39, 0.29) is 0 Å². The average Bonchev–Trinajstić information content (AvgIpc) is 3.28. The van der Waals surface area contributed by atoms with Crippen LogP contribution in [0, 0.1) is 0 Å². The Bertz CT molecular complexity index is 422. The number of hydrogen-bond donors (Lipinski definition) is 1. The van der Waals surface area contributed by atoms with E-state index < -0.39 is 0 Å². The normalized spacial score (nSPS) is 18.7. The molecule has 0 unspecified atom stereocenters. The molecule has 3 heteroatoms. The second kappa shape index (κ2) is 5.11. The lowest BCUT2D eigenvalue weighted by Crippen LogP contribution is -2.28. The Kier molecular flexibility index (Phi) is 3.33. The molecule has 3 nitrogen and oxygen atoms in total. The van der Waals surface area contributed by atoms with Crippen molar-refractivity contribution in [2.75, 3.05) is 11.4 Å². The molecular formula is C15H21N3. The third-order valence-electron chi connectivity index (χ3n) is 3.67. The predicted molar refractivity (Wildman–Crippen MR) is 74.7 cm³/mol. The third-order valence-corrected chi connectivity index (χ3v) is 3.67. The topological polar surface area (TPSA) is 28.2 Å². The maximum Gasteiger partial charge on any atom is 0.0603 e. The van der Waals surface area contributed by atoms with Crippen molar-refractivity contribution in [3.05, 3.63) is 36.7 Å². The van der Waals surface area contributed by atoms with Gasteiger partial charge in [0.15, 0.2) is 0 Å². The molecule has 0 saturated heterocycles. The summed E-state index contributed by atoms with van der Waals surface area (Å²) >= 11 is 0. The van der Waals surface area contributed by atoms with Crippen molar-refractivity contribution in [1.29, 1.82) is 0 Å². The van der Waals surface area contributed by atoms with Crippen molar-refractivity contribution < 1.29 is 0 Å². The number of aromatic nitrogens is 1. The molecule has 0 amide bonds. The van der Waals surface area contributed by atoms with Crippen LogP contribution in [0.5, 0.6) is 0 Å². The second-order valence-corrected chi connectivity index (χ2v) is 5.33. The highest BCUT2D eigenvalue weighted by Gasteiger charge is 2.30. The molecule has 2 aliphatic carbocycles. The van der Waals surface area contributed by atoms with Gasteiger partial charge in [0.2, 0.25) is 0 Å². The lowest BCUT2D eigenvalue weighted by atomic mass is 10.2. The zero-order valence-corrected chi connectivity index (χ0v) is 10.8. The quantitative estimate of drug-likeness (QED) is 0.746. The van der Waals surface area contributed by atoms with Crippen LogP contribution in [-0.4, -0.2) is 23.6 Å². The minimum atomic E-state index is 0.701. The highest BCUT2D eigenvalue weighted by molar-refractivity contribution is 5.54. The van der Waals surface area contributed by atoms with E-state index >= 15 is 0 Å². The first-order valence-electron chi connectivity index (χ1n) is 6.92. The summed E-state index contributed by atoms with van der Waals surface area (Å²) in [7, 11) is 0. The van der Waals surface area contributed by atoms with E-state index in [1.807, 2.05) is 18.5 Å². The van der Waals surface area contributed by atoms with Gasteiger partial charge in [0.1, 0.15) is 0 Å². The average molecular weight is 243 g/mol. The number of pyridine rings is 1. The summed E-state index contributed by atoms with van der Waals surface area (Å²) in [6.07, 6.45) is 11.2. The van der Waals surface area contributed by atoms with E-state index in [4.69, 9.17) is 0 Å². The molecule has 0 spiro atoms. The van der Waals surface area contributed by atoms with Crippen LogP contribution in [0.1, 0.15) is 31.2 Å². The van der Waals surface area contributed by atoms with Crippen LogP contribution in [0.4, 0.5) is 5.69 Å². The maximum atomic E-state index is 4.30. The highest BCUT2D eigenvalue weighted by atomic mass is 15.2. The summed E-state index contributed by atoms with van der Waals surface area (Å²) in [5.41, 5.74) is 2.65. The fourth-order valence-corrected chi connectivity index (χ4v) is 2.33. The van der Waals surface area contributed by atoms with E-state index in [1.165, 1.54) is 36.9 Å². The molecule has 1 heterocycles. The van der Waals surface area contributed by atoms with Crippen LogP contribution in [-0.2, 0) is 6.54 Å². The van der Waals surface area contributed by atoms with E-state index in [0.29, 0.717) is 6.04 Å². The fraction of sp³-hybridized carbons (Fsp3) is 0.533. The van der Waals surface area contributed by atoms with E-state index in [0.717, 1.165) is 19.1 Å². The number of anilines is 1. The van der Waals surface area contributed by atoms with Gasteiger partial charge in [-0.3, -0.25) is 4.98 Å². The molecule has 1 N–H and O–H groups in total. The smallest absolute Gasteiger partial charge is 0.0603 e. The van der Waals surface area contributed by atoms with Gasteiger partial charge in [0.05, 0.1) is 11.9 Å². The van der Waals surface area contributed by atoms with Crippen molar-refractivity contribution in [1.82, 2.24) is 10.3 Å². The van der Waals surface area contributed by atoms with E-state index in [1.54, 1.807) is 0 Å². The van der Waals surface area contributed by atoms with Crippen LogP contribution < -0.4 is 10.2 Å². The summed E-state index contributed by atoms with van der Waals surface area (Å²) in [5.74, 6) is 0. The SMILES string of the molecule is C=CCN(c1cnccc1CNC1CC1)C1CC1. The van der Waals surface area contributed by atoms with E-state index in [2.05, 4.69) is 27.8 Å². The Labute approximate surface area is 109 Å². The molecule has 2 saturated carbocycles. The molecule has 2 fully saturated rings. The Morgan fingerprint density at radius 3 is 2.89 bits per heavy atom. The molecule has 0 aromatic carbocycles. The first-order chi connectivity index (χ1) is 8.88. The summed E-state index contributed by atoms with van der Waals surface area (Å²) in [6.45, 7) is 5.76. The molecule has 0 radical (unpaired) electrons.